The third kappa shape index (κ3) is 37.0. The predicted molar refractivity (Wildman–Crippen MR) is 373 cm³/mol. The van der Waals surface area contributed by atoms with Crippen LogP contribution in [0.15, 0.2) is 25.0 Å². The van der Waals surface area contributed by atoms with Crippen molar-refractivity contribution in [3.05, 3.63) is 0 Å². The van der Waals surface area contributed by atoms with Gasteiger partial charge in [0.15, 0.2) is 29.8 Å². The standard InChI is InChI=1S/C58H110N28O15/c1-30(77-44(91)34(15-7-23-72-54(62)63)84-51(98)40-20-12-28-86(40)52(99)42(61)31(2)87)43(90)78-35(16-8-24-73-55(64)65)47(94)81-37(18-10-26-75-57(68)69)49(96)82-36(17-9-25-74-56(66)67)48(95)80-32(13-3-5-21-59)45(92)79-33(14-4-6-22-60)46(93)83-38(19-11-27-76-58(70)71)50(97)85-39(53(100)101)29-41(88)89/h30-40,42,87H,3-29,59-61H2,1-2H3,(H,77,91)(H,78,90)(H,79,92)(H,80,95)(H,81,94)(H,82,96)(H,83,93)(H,84,98)(H,85,97)(H,88,89)(H,100,101)(H4,62,63,72)(H4,64,65,73)(H4,66,67,74)(H4,68,69,75)(H4,70,71,76)/t30-,31+,32-,33-,34-,35-,36-,37-,38-,39-,40-,42-/m0/s1. The largest absolute Gasteiger partial charge is 0.481 e. The predicted octanol–water partition coefficient (Wildman–Crippen LogP) is -10.8. The van der Waals surface area contributed by atoms with E-state index in [2.05, 4.69) is 72.8 Å². The lowest BCUT2D eigenvalue weighted by atomic mass is 10.0. The third-order valence-corrected chi connectivity index (χ3v) is 15.4. The van der Waals surface area contributed by atoms with Gasteiger partial charge < -0.3 is 143 Å². The number of likely N-dealkylation sites (tertiary alicyclic amines) is 1. The summed E-state index contributed by atoms with van der Waals surface area (Å²) in [7, 11) is 0. The molecule has 0 aromatic carbocycles. The zero-order valence-electron chi connectivity index (χ0n) is 57.4. The molecular weight excluding hydrogens is 1330 g/mol. The topological polar surface area (TPSA) is 777 Å². The number of unbranched alkanes of at least 4 members (excludes halogenated alkanes) is 2. The van der Waals surface area contributed by atoms with Gasteiger partial charge in [-0.2, -0.15) is 0 Å². The van der Waals surface area contributed by atoms with Crippen LogP contribution in [0, 0.1) is 0 Å². The summed E-state index contributed by atoms with van der Waals surface area (Å²) >= 11 is 0. The van der Waals surface area contributed by atoms with Crippen molar-refractivity contribution < 1.29 is 72.9 Å². The number of nitrogens with two attached hydrogens (primary N) is 13. The fourth-order valence-electron chi connectivity index (χ4n) is 10.0. The molecule has 572 valence electrons. The Labute approximate surface area is 584 Å². The molecule has 43 heteroatoms. The molecule has 0 unspecified atom stereocenters. The van der Waals surface area contributed by atoms with Crippen LogP contribution in [0.2, 0.25) is 0 Å². The molecule has 0 aromatic heterocycles. The normalized spacial score (nSPS) is 15.7. The second kappa shape index (κ2) is 48.6. The summed E-state index contributed by atoms with van der Waals surface area (Å²) in [6, 6.07) is -16.1. The van der Waals surface area contributed by atoms with Gasteiger partial charge in [-0.1, -0.05) is 0 Å². The van der Waals surface area contributed by atoms with Crippen LogP contribution in [0.4, 0.5) is 0 Å². The van der Waals surface area contributed by atoms with Crippen molar-refractivity contribution in [2.24, 2.45) is 99.5 Å². The molecule has 1 aliphatic rings. The highest BCUT2D eigenvalue weighted by Crippen LogP contribution is 2.20. The number of hydrogen-bond acceptors (Lipinski definition) is 21. The number of carbonyl (C=O) groups excluding carboxylic acids is 10. The minimum Gasteiger partial charge on any atom is -0.481 e. The van der Waals surface area contributed by atoms with Gasteiger partial charge in [0.05, 0.1) is 12.5 Å². The van der Waals surface area contributed by atoms with Crippen molar-refractivity contribution in [2.45, 2.75) is 208 Å². The van der Waals surface area contributed by atoms with Crippen LogP contribution < -0.4 is 122 Å². The minimum atomic E-state index is -1.91. The fraction of sp³-hybridized carbons (Fsp3) is 0.707. The summed E-state index contributed by atoms with van der Waals surface area (Å²) in [4.78, 5) is 186. The first-order valence-electron chi connectivity index (χ1n) is 33.2. The summed E-state index contributed by atoms with van der Waals surface area (Å²) in [5.41, 5.74) is 72.8. The van der Waals surface area contributed by atoms with Crippen molar-refractivity contribution in [1.29, 1.82) is 0 Å². The Morgan fingerprint density at radius 2 is 0.683 bits per heavy atom. The van der Waals surface area contributed by atoms with Gasteiger partial charge in [0.2, 0.25) is 59.1 Å². The van der Waals surface area contributed by atoms with Gasteiger partial charge in [-0.05, 0) is 143 Å². The van der Waals surface area contributed by atoms with E-state index >= 15 is 0 Å². The number of carbonyl (C=O) groups is 12. The van der Waals surface area contributed by atoms with Crippen molar-refractivity contribution in [3.63, 3.8) is 0 Å². The van der Waals surface area contributed by atoms with E-state index in [-0.39, 0.29) is 178 Å². The minimum absolute atomic E-state index is 0.0245. The smallest absolute Gasteiger partial charge is 0.326 e. The summed E-state index contributed by atoms with van der Waals surface area (Å²) in [5, 5.41) is 51.9. The Kier molecular flexibility index (Phi) is 42.7. The number of rotatable bonds is 51. The van der Waals surface area contributed by atoms with Crippen LogP contribution in [-0.4, -0.2) is 246 Å². The van der Waals surface area contributed by atoms with Gasteiger partial charge in [0, 0.05) is 39.3 Å². The lowest BCUT2D eigenvalue weighted by molar-refractivity contribution is -0.147. The molecule has 1 fully saturated rings. The Morgan fingerprint density at radius 3 is 0.960 bits per heavy atom. The molecule has 1 rings (SSSR count). The van der Waals surface area contributed by atoms with E-state index in [9.17, 15) is 72.9 Å². The van der Waals surface area contributed by atoms with E-state index in [0.717, 1.165) is 0 Å². The molecule has 101 heavy (non-hydrogen) atoms. The Bertz CT molecular complexity index is 2860. The van der Waals surface area contributed by atoms with Crippen molar-refractivity contribution in [2.75, 3.05) is 52.4 Å². The average molecular weight is 1440 g/mol. The van der Waals surface area contributed by atoms with Gasteiger partial charge in [-0.25, -0.2) is 4.79 Å². The number of nitrogens with zero attached hydrogens (tertiary/aromatic N) is 6. The lowest BCUT2D eigenvalue weighted by Gasteiger charge is -2.29. The number of carboxylic acid groups (broad SMARTS) is 2. The number of hydrogen-bond donors (Lipinski definition) is 25. The van der Waals surface area contributed by atoms with Gasteiger partial charge in [0.1, 0.15) is 66.5 Å². The molecule has 0 aliphatic carbocycles. The molecule has 0 saturated carbocycles. The summed E-state index contributed by atoms with van der Waals surface area (Å²) in [5.74, 6) is -13.7. The molecule has 1 heterocycles. The maximum Gasteiger partial charge on any atom is 0.326 e. The van der Waals surface area contributed by atoms with Crippen LogP contribution in [0.3, 0.4) is 0 Å². The van der Waals surface area contributed by atoms with E-state index in [1.54, 1.807) is 0 Å². The van der Waals surface area contributed by atoms with Crippen molar-refractivity contribution in [1.82, 2.24) is 52.8 Å². The van der Waals surface area contributed by atoms with Gasteiger partial charge >= 0.3 is 11.9 Å². The number of aliphatic hydroxyl groups excluding tert-OH is 1. The third-order valence-electron chi connectivity index (χ3n) is 15.4. The lowest BCUT2D eigenvalue weighted by Crippen LogP contribution is -2.60. The fourth-order valence-corrected chi connectivity index (χ4v) is 10.0. The van der Waals surface area contributed by atoms with Crippen molar-refractivity contribution >= 4 is 101 Å². The number of aliphatic imine (C=N–C) groups is 5. The summed E-state index contributed by atoms with van der Waals surface area (Å²) < 4.78 is 0. The van der Waals surface area contributed by atoms with Crippen LogP contribution in [0.1, 0.15) is 136 Å². The first-order valence-corrected chi connectivity index (χ1v) is 33.2. The van der Waals surface area contributed by atoms with Crippen LogP contribution in [0.5, 0.6) is 0 Å². The molecule has 43 nitrogen and oxygen atoms in total. The molecule has 1 aliphatic heterocycles. The zero-order valence-corrected chi connectivity index (χ0v) is 57.4. The van der Waals surface area contributed by atoms with Crippen LogP contribution in [-0.2, 0) is 57.5 Å². The molecule has 0 aromatic rings. The highest BCUT2D eigenvalue weighted by atomic mass is 16.4. The Balaban J connectivity index is 3.82. The molecule has 12 atom stereocenters. The molecule has 0 spiro atoms. The van der Waals surface area contributed by atoms with Gasteiger partial charge in [0.25, 0.3) is 0 Å². The second-order valence-corrected chi connectivity index (χ2v) is 23.9. The maximum absolute atomic E-state index is 14.7. The molecule has 38 N–H and O–H groups in total. The number of aliphatic hydroxyl groups is 1. The Morgan fingerprint density at radius 1 is 0.406 bits per heavy atom. The van der Waals surface area contributed by atoms with E-state index in [1.165, 1.54) is 18.7 Å². The second-order valence-electron chi connectivity index (χ2n) is 23.9. The number of aliphatic carboxylic acids is 2. The highest BCUT2D eigenvalue weighted by molar-refractivity contribution is 5.99. The molecular formula is C58H110N28O15. The molecule has 10 amide bonds. The average Bonchev–Trinajstić information content (AvgIpc) is 1.76. The van der Waals surface area contributed by atoms with E-state index in [4.69, 9.17) is 74.5 Å². The summed E-state index contributed by atoms with van der Waals surface area (Å²) in [6.45, 7) is 2.88. The van der Waals surface area contributed by atoms with Crippen LogP contribution in [0.25, 0.3) is 0 Å². The highest BCUT2D eigenvalue weighted by Gasteiger charge is 2.40. The quantitative estimate of drug-likeness (QED) is 0.0153. The number of guanidine groups is 5. The van der Waals surface area contributed by atoms with Gasteiger partial charge in [-0.15, -0.1) is 0 Å². The van der Waals surface area contributed by atoms with Gasteiger partial charge in [-0.3, -0.25) is 77.7 Å². The number of carboxylic acids is 2. The first-order chi connectivity index (χ1) is 47.6. The first kappa shape index (κ1) is 88.8. The SMILES string of the molecule is C[C@H](NC(=O)[C@H](CCCN=C(N)N)NC(=O)[C@@H]1CCCN1C(=O)[C@@H](N)[C@@H](C)O)C(=O)N[C@@H](CCCN=C(N)N)C(=O)N[C@@H](CCCN=C(N)N)C(=O)N[C@@H](CCCN=C(N)N)C(=O)N[C@@H](CCCCN)C(=O)N[C@@H](CCCCN)C(=O)N[C@@H](CCCN=C(N)N)C(=O)N[C@@H](CC(=O)O)C(=O)O. The van der Waals surface area contributed by atoms with E-state index < -0.39 is 150 Å². The van der Waals surface area contributed by atoms with E-state index in [1.807, 2.05) is 0 Å². The van der Waals surface area contributed by atoms with E-state index in [0.29, 0.717) is 19.3 Å². The molecule has 0 bridgehead atoms. The molecule has 0 radical (unpaired) electrons. The zero-order chi connectivity index (χ0) is 76.3. The molecule has 1 saturated heterocycles. The van der Waals surface area contributed by atoms with Crippen LogP contribution >= 0.6 is 0 Å². The number of nitrogens with one attached hydrogen (secondary N) is 9. The number of amides is 10. The Hall–Kier alpha value is -10.2. The van der Waals surface area contributed by atoms with Crippen molar-refractivity contribution in [3.8, 4) is 0 Å². The monoisotopic (exact) mass is 1440 g/mol. The summed E-state index contributed by atoms with van der Waals surface area (Å²) in [6.07, 6.45) is -1.27. The maximum atomic E-state index is 14.7.